The van der Waals surface area contributed by atoms with Crippen LogP contribution in [-0.4, -0.2) is 54.5 Å². The van der Waals surface area contributed by atoms with Gasteiger partial charge < -0.3 is 15.5 Å². The van der Waals surface area contributed by atoms with Gasteiger partial charge in [0, 0.05) is 25.2 Å². The van der Waals surface area contributed by atoms with Gasteiger partial charge in [0.1, 0.15) is 12.1 Å². The predicted molar refractivity (Wildman–Crippen MR) is 109 cm³/mol. The fourth-order valence-corrected chi connectivity index (χ4v) is 3.72. The van der Waals surface area contributed by atoms with Crippen LogP contribution in [0.15, 0.2) is 35.3 Å². The van der Waals surface area contributed by atoms with Gasteiger partial charge in [0.25, 0.3) is 5.91 Å². The molecule has 0 bridgehead atoms. The number of hydrogen-bond acceptors (Lipinski definition) is 3. The van der Waals surface area contributed by atoms with Gasteiger partial charge in [-0.1, -0.05) is 30.0 Å². The summed E-state index contributed by atoms with van der Waals surface area (Å²) >= 11 is 0. The Morgan fingerprint density at radius 2 is 2.00 bits per heavy atom. The molecule has 1 atom stereocenters. The number of nitrogens with one attached hydrogen (secondary N) is 3. The molecular weight excluding hydrogens is 354 g/mol. The molecule has 3 amide bonds. The Balaban J connectivity index is 1.59. The zero-order chi connectivity index (χ0) is 20.0. The number of likely N-dealkylation sites (tertiary alicyclic amines) is 1. The van der Waals surface area contributed by atoms with Crippen LogP contribution in [0.1, 0.15) is 32.3 Å². The second-order valence-corrected chi connectivity index (χ2v) is 7.21. The van der Waals surface area contributed by atoms with Gasteiger partial charge in [-0.25, -0.2) is 9.79 Å². The van der Waals surface area contributed by atoms with Crippen molar-refractivity contribution in [1.29, 1.82) is 0 Å². The van der Waals surface area contributed by atoms with Gasteiger partial charge in [0.2, 0.25) is 0 Å². The topological polar surface area (TPSA) is 85.8 Å². The highest BCUT2D eigenvalue weighted by molar-refractivity contribution is 6.07. The molecule has 148 valence electrons. The maximum atomic E-state index is 12.2. The van der Waals surface area contributed by atoms with Crippen molar-refractivity contribution in [2.75, 3.05) is 26.2 Å². The first-order valence-electron chi connectivity index (χ1n) is 9.73. The van der Waals surface area contributed by atoms with E-state index >= 15 is 0 Å². The number of imide groups is 1. The van der Waals surface area contributed by atoms with E-state index in [1.54, 1.807) is 0 Å². The Kier molecular flexibility index (Phi) is 6.19. The second kappa shape index (κ2) is 8.79. The highest BCUT2D eigenvalue weighted by Crippen LogP contribution is 2.30. The molecule has 3 rings (SSSR count). The summed E-state index contributed by atoms with van der Waals surface area (Å²) in [6.45, 7) is 6.61. The number of nitrogens with zero attached hydrogens (tertiary/aromatic N) is 2. The van der Waals surface area contributed by atoms with E-state index in [4.69, 9.17) is 0 Å². The summed E-state index contributed by atoms with van der Waals surface area (Å²) in [7, 11) is 0. The minimum atomic E-state index is -0.820. The molecule has 1 unspecified atom stereocenters. The summed E-state index contributed by atoms with van der Waals surface area (Å²) in [6, 6.07) is 9.46. The van der Waals surface area contributed by atoms with Crippen LogP contribution in [0.3, 0.4) is 0 Å². The zero-order valence-corrected chi connectivity index (χ0v) is 16.4. The van der Waals surface area contributed by atoms with Gasteiger partial charge in [-0.2, -0.15) is 0 Å². The third kappa shape index (κ3) is 4.45. The number of guanidine groups is 1. The largest absolute Gasteiger partial charge is 0.356 e. The van der Waals surface area contributed by atoms with Gasteiger partial charge in [0.15, 0.2) is 5.96 Å². The highest BCUT2D eigenvalue weighted by Gasteiger charge is 2.48. The summed E-state index contributed by atoms with van der Waals surface area (Å²) in [5, 5.41) is 8.47. The molecule has 3 N–H and O–H groups in total. The number of amides is 3. The van der Waals surface area contributed by atoms with Crippen molar-refractivity contribution in [1.82, 2.24) is 20.9 Å². The molecule has 2 aliphatic heterocycles. The minimum Gasteiger partial charge on any atom is -0.356 e. The molecule has 0 radical (unpaired) electrons. The molecule has 1 aromatic rings. The van der Waals surface area contributed by atoms with Gasteiger partial charge in [-0.3, -0.25) is 10.1 Å². The normalized spacial score (nSPS) is 22.9. The molecule has 1 aromatic carbocycles. The van der Waals surface area contributed by atoms with Crippen molar-refractivity contribution in [3.63, 3.8) is 0 Å². The van der Waals surface area contributed by atoms with Gasteiger partial charge in [-0.05, 0) is 44.7 Å². The standard InChI is InChI=1S/C21H27N5O2/c1-3-22-19(23-13-7-10-16-8-5-4-6-9-16)26-14-11-17(12-15-26)21(2)18(27)24-20(28)25-21/h4-6,8-9,17H,3,11-15H2,1-2H3,(H,22,23)(H2,24,25,27,28). The highest BCUT2D eigenvalue weighted by atomic mass is 16.2. The number of carbonyl (C=O) groups excluding carboxylic acids is 2. The number of benzene rings is 1. The molecule has 28 heavy (non-hydrogen) atoms. The Labute approximate surface area is 166 Å². The first-order valence-corrected chi connectivity index (χ1v) is 9.73. The van der Waals surface area contributed by atoms with E-state index in [0.717, 1.165) is 44.0 Å². The molecule has 2 saturated heterocycles. The van der Waals surface area contributed by atoms with E-state index in [1.165, 1.54) is 0 Å². The molecule has 0 spiro atoms. The minimum absolute atomic E-state index is 0.107. The van der Waals surface area contributed by atoms with Crippen LogP contribution in [0.2, 0.25) is 0 Å². The van der Waals surface area contributed by atoms with Crippen LogP contribution in [0.5, 0.6) is 0 Å². The summed E-state index contributed by atoms with van der Waals surface area (Å²) in [6.07, 6.45) is 1.62. The number of hydrogen-bond donors (Lipinski definition) is 3. The van der Waals surface area contributed by atoms with Crippen molar-refractivity contribution in [2.24, 2.45) is 10.9 Å². The summed E-state index contributed by atoms with van der Waals surface area (Å²) in [5.74, 6) is 6.93. The quantitative estimate of drug-likeness (QED) is 0.319. The van der Waals surface area contributed by atoms with E-state index in [9.17, 15) is 9.59 Å². The molecular formula is C21H27N5O2. The van der Waals surface area contributed by atoms with Crippen LogP contribution in [0.4, 0.5) is 4.79 Å². The Bertz CT molecular complexity index is 803. The van der Waals surface area contributed by atoms with Crippen LogP contribution in [0.25, 0.3) is 0 Å². The average molecular weight is 381 g/mol. The summed E-state index contributed by atoms with van der Waals surface area (Å²) in [4.78, 5) is 30.5. The average Bonchev–Trinajstić information content (AvgIpc) is 2.98. The van der Waals surface area contributed by atoms with Crippen molar-refractivity contribution >= 4 is 17.9 Å². The summed E-state index contributed by atoms with van der Waals surface area (Å²) in [5.41, 5.74) is 0.161. The molecule has 0 aliphatic carbocycles. The SMILES string of the molecule is CCNC(=NCC#Cc1ccccc1)N1CCC(C2(C)NC(=O)NC2=O)CC1. The van der Waals surface area contributed by atoms with Gasteiger partial charge in [0.05, 0.1) is 0 Å². The first kappa shape index (κ1) is 19.7. The number of aliphatic imine (C=N–C) groups is 1. The molecule has 0 saturated carbocycles. The molecule has 0 aromatic heterocycles. The summed E-state index contributed by atoms with van der Waals surface area (Å²) < 4.78 is 0. The number of piperidine rings is 1. The van der Waals surface area contributed by atoms with Crippen LogP contribution in [0, 0.1) is 17.8 Å². The second-order valence-electron chi connectivity index (χ2n) is 7.21. The van der Waals surface area contributed by atoms with Crippen LogP contribution >= 0.6 is 0 Å². The Hall–Kier alpha value is -3.01. The Morgan fingerprint density at radius 3 is 2.61 bits per heavy atom. The van der Waals surface area contributed by atoms with Crippen LogP contribution < -0.4 is 16.0 Å². The molecule has 2 heterocycles. The monoisotopic (exact) mass is 381 g/mol. The molecule has 2 aliphatic rings. The first-order chi connectivity index (χ1) is 13.5. The lowest BCUT2D eigenvalue weighted by molar-refractivity contribution is -0.125. The number of rotatable bonds is 3. The van der Waals surface area contributed by atoms with E-state index in [-0.39, 0.29) is 11.8 Å². The predicted octanol–water partition coefficient (Wildman–Crippen LogP) is 1.31. The number of carbonyl (C=O) groups is 2. The lowest BCUT2D eigenvalue weighted by atomic mass is 9.79. The van der Waals surface area contributed by atoms with Crippen molar-refractivity contribution in [3.05, 3.63) is 35.9 Å². The van der Waals surface area contributed by atoms with E-state index in [0.29, 0.717) is 6.54 Å². The molecule has 7 heteroatoms. The lowest BCUT2D eigenvalue weighted by Crippen LogP contribution is -2.55. The van der Waals surface area contributed by atoms with Crippen molar-refractivity contribution in [2.45, 2.75) is 32.2 Å². The lowest BCUT2D eigenvalue weighted by Gasteiger charge is -2.39. The zero-order valence-electron chi connectivity index (χ0n) is 16.4. The molecule has 7 nitrogen and oxygen atoms in total. The van der Waals surface area contributed by atoms with Gasteiger partial charge >= 0.3 is 6.03 Å². The van der Waals surface area contributed by atoms with E-state index < -0.39 is 11.6 Å². The maximum absolute atomic E-state index is 12.2. The van der Waals surface area contributed by atoms with Crippen LogP contribution in [-0.2, 0) is 4.79 Å². The van der Waals surface area contributed by atoms with E-state index in [1.807, 2.05) is 44.2 Å². The number of urea groups is 1. The Morgan fingerprint density at radius 1 is 1.29 bits per heavy atom. The smallest absolute Gasteiger partial charge is 0.322 e. The van der Waals surface area contributed by atoms with Crippen molar-refractivity contribution in [3.8, 4) is 11.8 Å². The maximum Gasteiger partial charge on any atom is 0.322 e. The van der Waals surface area contributed by atoms with Crippen molar-refractivity contribution < 1.29 is 9.59 Å². The molecule has 2 fully saturated rings. The third-order valence-electron chi connectivity index (χ3n) is 5.33. The van der Waals surface area contributed by atoms with E-state index in [2.05, 4.69) is 37.7 Å². The third-order valence-corrected chi connectivity index (χ3v) is 5.33. The fraction of sp³-hybridized carbons (Fsp3) is 0.476. The fourth-order valence-electron chi connectivity index (χ4n) is 3.72. The van der Waals surface area contributed by atoms with Gasteiger partial charge in [-0.15, -0.1) is 0 Å².